The summed E-state index contributed by atoms with van der Waals surface area (Å²) in [6, 6.07) is 15.3. The standard InChI is InChI=1S/C26H24FN5OS.ClH/c1-16-14-32-25(29-16)22(33-15-17-5-3-2-4-6-17)13-21(31-32)19-11-20(27)24-23(12-19)34-26(30-24)18-7-9-28-10-8-18;/h2-6,11-14,18,28H,7-10,15H2,1H3;1H. The van der Waals surface area contributed by atoms with Gasteiger partial charge in [-0.25, -0.2) is 18.9 Å². The van der Waals surface area contributed by atoms with Gasteiger partial charge in [0.15, 0.2) is 17.2 Å². The molecule has 1 aliphatic rings. The highest BCUT2D eigenvalue weighted by atomic mass is 35.5. The Morgan fingerprint density at radius 2 is 1.91 bits per heavy atom. The fourth-order valence-corrected chi connectivity index (χ4v) is 5.63. The molecule has 1 aliphatic heterocycles. The summed E-state index contributed by atoms with van der Waals surface area (Å²) in [5.41, 5.74) is 4.32. The topological polar surface area (TPSA) is 64.3 Å². The molecule has 180 valence electrons. The summed E-state index contributed by atoms with van der Waals surface area (Å²) in [6.45, 7) is 4.29. The number of thiazole rings is 1. The molecule has 0 atom stereocenters. The summed E-state index contributed by atoms with van der Waals surface area (Å²) in [5.74, 6) is 0.685. The number of aryl methyl sites for hydroxylation is 1. The van der Waals surface area contributed by atoms with Gasteiger partial charge in [-0.1, -0.05) is 30.3 Å². The highest BCUT2D eigenvalue weighted by molar-refractivity contribution is 7.18. The first kappa shape index (κ1) is 23.7. The number of benzene rings is 2. The lowest BCUT2D eigenvalue weighted by Gasteiger charge is -2.20. The van der Waals surface area contributed by atoms with Gasteiger partial charge in [-0.05, 0) is 50.6 Å². The van der Waals surface area contributed by atoms with Crippen molar-refractivity contribution in [2.45, 2.75) is 32.3 Å². The molecule has 1 fully saturated rings. The van der Waals surface area contributed by atoms with Crippen molar-refractivity contribution in [3.63, 3.8) is 0 Å². The van der Waals surface area contributed by atoms with E-state index in [2.05, 4.69) is 15.3 Å². The SMILES string of the molecule is Cc1cn2nc(-c3cc(F)c4nc(C5CCNCC5)sc4c3)cc(OCc3ccccc3)c2n1.Cl. The van der Waals surface area contributed by atoms with Crippen LogP contribution in [0, 0.1) is 12.7 Å². The maximum absolute atomic E-state index is 15.2. The van der Waals surface area contributed by atoms with Crippen molar-refractivity contribution in [2.24, 2.45) is 0 Å². The van der Waals surface area contributed by atoms with Crippen molar-refractivity contribution in [3.8, 4) is 17.0 Å². The zero-order chi connectivity index (χ0) is 23.1. The number of hydrogen-bond donors (Lipinski definition) is 1. The fourth-order valence-electron chi connectivity index (χ4n) is 4.44. The maximum atomic E-state index is 15.2. The van der Waals surface area contributed by atoms with Gasteiger partial charge in [0.1, 0.15) is 12.1 Å². The van der Waals surface area contributed by atoms with Crippen molar-refractivity contribution in [2.75, 3.05) is 13.1 Å². The molecule has 1 N–H and O–H groups in total. The number of aromatic nitrogens is 4. The minimum atomic E-state index is -0.320. The number of halogens is 2. The van der Waals surface area contributed by atoms with Crippen molar-refractivity contribution in [1.82, 2.24) is 24.9 Å². The van der Waals surface area contributed by atoms with Crippen molar-refractivity contribution < 1.29 is 9.13 Å². The Hall–Kier alpha value is -3.07. The lowest BCUT2D eigenvalue weighted by atomic mass is 9.99. The summed E-state index contributed by atoms with van der Waals surface area (Å²) >= 11 is 1.59. The molecule has 35 heavy (non-hydrogen) atoms. The van der Waals surface area contributed by atoms with Crippen LogP contribution in [-0.2, 0) is 6.61 Å². The summed E-state index contributed by atoms with van der Waals surface area (Å²) in [4.78, 5) is 9.23. The Bertz CT molecular complexity index is 1480. The lowest BCUT2D eigenvalue weighted by Crippen LogP contribution is -2.26. The third-order valence-electron chi connectivity index (χ3n) is 6.20. The highest BCUT2D eigenvalue weighted by Crippen LogP contribution is 2.36. The minimum absolute atomic E-state index is 0. The van der Waals surface area contributed by atoms with Crippen LogP contribution < -0.4 is 10.1 Å². The van der Waals surface area contributed by atoms with E-state index in [0.717, 1.165) is 46.9 Å². The second kappa shape index (κ2) is 9.89. The van der Waals surface area contributed by atoms with Crippen LogP contribution in [0.3, 0.4) is 0 Å². The van der Waals surface area contributed by atoms with E-state index in [1.54, 1.807) is 15.9 Å². The van der Waals surface area contributed by atoms with Crippen LogP contribution in [0.25, 0.3) is 27.1 Å². The zero-order valence-corrected chi connectivity index (χ0v) is 20.8. The number of ether oxygens (including phenoxy) is 1. The molecular weight excluding hydrogens is 485 g/mol. The van der Waals surface area contributed by atoms with Gasteiger partial charge in [0, 0.05) is 17.5 Å². The normalized spacial score (nSPS) is 14.3. The Morgan fingerprint density at radius 1 is 1.11 bits per heavy atom. The first-order valence-corrected chi connectivity index (χ1v) is 12.3. The van der Waals surface area contributed by atoms with Gasteiger partial charge >= 0.3 is 0 Å². The van der Waals surface area contributed by atoms with Crippen LogP contribution in [0.15, 0.2) is 54.7 Å². The van der Waals surface area contributed by atoms with E-state index in [1.165, 1.54) is 6.07 Å². The lowest BCUT2D eigenvalue weighted by molar-refractivity contribution is 0.307. The predicted molar refractivity (Wildman–Crippen MR) is 139 cm³/mol. The second-order valence-corrected chi connectivity index (χ2v) is 9.76. The number of nitrogens with zero attached hydrogens (tertiary/aromatic N) is 4. The van der Waals surface area contributed by atoms with E-state index in [1.807, 2.05) is 55.6 Å². The van der Waals surface area contributed by atoms with Gasteiger partial charge in [0.05, 0.1) is 27.3 Å². The van der Waals surface area contributed by atoms with E-state index in [9.17, 15) is 0 Å². The van der Waals surface area contributed by atoms with Gasteiger partial charge in [-0.3, -0.25) is 0 Å². The average molecular weight is 510 g/mol. The number of fused-ring (bicyclic) bond motifs is 2. The monoisotopic (exact) mass is 509 g/mol. The molecular formula is C26H25ClFN5OS. The number of imidazole rings is 1. The van der Waals surface area contributed by atoms with Crippen molar-refractivity contribution >= 4 is 39.6 Å². The van der Waals surface area contributed by atoms with Crippen molar-refractivity contribution in [1.29, 1.82) is 0 Å². The second-order valence-electron chi connectivity index (χ2n) is 8.70. The highest BCUT2D eigenvalue weighted by Gasteiger charge is 2.21. The molecule has 4 heterocycles. The number of rotatable bonds is 5. The van der Waals surface area contributed by atoms with Crippen LogP contribution in [0.4, 0.5) is 4.39 Å². The molecule has 0 spiro atoms. The molecule has 9 heteroatoms. The Kier molecular flexibility index (Phi) is 6.69. The third kappa shape index (κ3) is 4.74. The summed E-state index contributed by atoms with van der Waals surface area (Å²) in [7, 11) is 0. The molecule has 0 radical (unpaired) electrons. The molecule has 6 rings (SSSR count). The third-order valence-corrected chi connectivity index (χ3v) is 7.36. The molecule has 3 aromatic heterocycles. The predicted octanol–water partition coefficient (Wildman–Crippen LogP) is 5.92. The number of nitrogens with one attached hydrogen (secondary N) is 1. The van der Waals surface area contributed by atoms with Crippen LogP contribution >= 0.6 is 23.7 Å². The Balaban J connectivity index is 0.00000253. The summed E-state index contributed by atoms with van der Waals surface area (Å²) in [6.07, 6.45) is 3.92. The molecule has 0 unspecified atom stereocenters. The molecule has 0 saturated carbocycles. The zero-order valence-electron chi connectivity index (χ0n) is 19.2. The first-order chi connectivity index (χ1) is 16.6. The van der Waals surface area contributed by atoms with Crippen LogP contribution in [0.5, 0.6) is 5.75 Å². The minimum Gasteiger partial charge on any atom is -0.485 e. The van der Waals surface area contributed by atoms with Gasteiger partial charge in [0.2, 0.25) is 0 Å². The summed E-state index contributed by atoms with van der Waals surface area (Å²) < 4.78 is 23.9. The molecule has 1 saturated heterocycles. The van der Waals surface area contributed by atoms with Crippen LogP contribution in [0.2, 0.25) is 0 Å². The van der Waals surface area contributed by atoms with Crippen molar-refractivity contribution in [3.05, 3.63) is 76.8 Å². The fraction of sp³-hybridized carbons (Fsp3) is 0.269. The van der Waals surface area contributed by atoms with Gasteiger partial charge in [-0.2, -0.15) is 5.10 Å². The Labute approximate surface area is 212 Å². The smallest absolute Gasteiger partial charge is 0.196 e. The van der Waals surface area contributed by atoms with E-state index in [-0.39, 0.29) is 18.2 Å². The van der Waals surface area contributed by atoms with Gasteiger partial charge < -0.3 is 10.1 Å². The molecule has 0 bridgehead atoms. The molecule has 6 nitrogen and oxygen atoms in total. The van der Waals surface area contributed by atoms with E-state index in [4.69, 9.17) is 9.84 Å². The largest absolute Gasteiger partial charge is 0.485 e. The van der Waals surface area contributed by atoms with E-state index in [0.29, 0.717) is 40.7 Å². The molecule has 0 amide bonds. The molecule has 5 aromatic rings. The summed E-state index contributed by atoms with van der Waals surface area (Å²) in [5, 5.41) is 9.11. The van der Waals surface area contributed by atoms with E-state index >= 15 is 4.39 Å². The van der Waals surface area contributed by atoms with Gasteiger partial charge in [-0.15, -0.1) is 23.7 Å². The first-order valence-electron chi connectivity index (χ1n) is 11.5. The molecule has 2 aromatic carbocycles. The number of piperidine rings is 1. The van der Waals surface area contributed by atoms with Crippen LogP contribution in [-0.4, -0.2) is 32.7 Å². The van der Waals surface area contributed by atoms with Crippen LogP contribution in [0.1, 0.15) is 35.0 Å². The average Bonchev–Trinajstić information content (AvgIpc) is 3.47. The molecule has 0 aliphatic carbocycles. The number of hydrogen-bond acceptors (Lipinski definition) is 6. The maximum Gasteiger partial charge on any atom is 0.196 e. The van der Waals surface area contributed by atoms with Gasteiger partial charge in [0.25, 0.3) is 0 Å². The quantitative estimate of drug-likeness (QED) is 0.318. The Morgan fingerprint density at radius 3 is 2.71 bits per heavy atom. The van der Waals surface area contributed by atoms with E-state index < -0.39 is 0 Å².